The molecule has 0 saturated heterocycles. The minimum Gasteiger partial charge on any atom is -0.373 e. The lowest BCUT2D eigenvalue weighted by molar-refractivity contribution is -0.107. The van der Waals surface area contributed by atoms with Crippen LogP contribution in [0.1, 0.15) is 41.0 Å². The molecule has 0 bridgehead atoms. The number of aryl methyl sites for hydroxylation is 1. The molecule has 0 atom stereocenters. The van der Waals surface area contributed by atoms with Crippen LogP contribution in [0.5, 0.6) is 0 Å². The molecule has 3 heterocycles. The smallest absolute Gasteiger partial charge is 0.255 e. The van der Waals surface area contributed by atoms with Crippen molar-refractivity contribution in [3.8, 4) is 28.6 Å². The normalized spacial score (nSPS) is 10.9. The highest BCUT2D eigenvalue weighted by atomic mass is 16.1. The number of benzene rings is 1. The number of hydrogen-bond acceptors (Lipinski definition) is 8. The van der Waals surface area contributed by atoms with E-state index in [0.717, 1.165) is 28.5 Å². The van der Waals surface area contributed by atoms with Gasteiger partial charge in [-0.25, -0.2) is 9.97 Å². The molecule has 9 nitrogen and oxygen atoms in total. The number of hydrogen-bond donors (Lipinski definition) is 2. The number of nitrogens with zero attached hydrogens (tertiary/aromatic N) is 5. The van der Waals surface area contributed by atoms with Crippen LogP contribution in [0.4, 0.5) is 11.5 Å². The molecule has 0 aliphatic rings. The molecule has 3 aromatic heterocycles. The van der Waals surface area contributed by atoms with Crippen LogP contribution >= 0.6 is 0 Å². The Labute approximate surface area is 221 Å². The molecule has 2 N–H and O–H groups in total. The summed E-state index contributed by atoms with van der Waals surface area (Å²) < 4.78 is 0. The average molecular weight is 506 g/mol. The molecule has 0 saturated carbocycles. The number of carbonyl (C=O) groups is 2. The maximum Gasteiger partial charge on any atom is 0.255 e. The molecule has 190 valence electrons. The van der Waals surface area contributed by atoms with E-state index in [-0.39, 0.29) is 12.3 Å². The van der Waals surface area contributed by atoms with E-state index in [1.165, 1.54) is 6.20 Å². The van der Waals surface area contributed by atoms with Crippen LogP contribution < -0.4 is 10.6 Å². The predicted octanol–water partition coefficient (Wildman–Crippen LogP) is 4.75. The summed E-state index contributed by atoms with van der Waals surface area (Å²) in [5, 5.41) is 15.4. The Kier molecular flexibility index (Phi) is 7.53. The van der Waals surface area contributed by atoms with Crippen molar-refractivity contribution in [3.05, 3.63) is 83.6 Å². The lowest BCUT2D eigenvalue weighted by Gasteiger charge is -2.15. The number of nitrogens with one attached hydrogen (secondary N) is 2. The van der Waals surface area contributed by atoms with Gasteiger partial charge in [-0.15, -0.1) is 0 Å². The molecule has 9 heteroatoms. The Bertz CT molecular complexity index is 1560. The third kappa shape index (κ3) is 5.39. The van der Waals surface area contributed by atoms with E-state index in [1.807, 2.05) is 31.2 Å². The second kappa shape index (κ2) is 11.0. The molecule has 4 rings (SSSR count). The van der Waals surface area contributed by atoms with E-state index in [1.54, 1.807) is 51.6 Å². The van der Waals surface area contributed by atoms with E-state index >= 15 is 0 Å². The standard InChI is InChI=1S/C29H27N7O2/c1-18-5-6-20(35-28(38)19-7-10-33-26(13-19)29(2,3)17-30)14-23(18)25-16-32-15-24(36-25)21-8-11-34-27(31-4)22(21)9-12-37/h5-8,10-16H,9H2,1-4H3,(H,31,34)(H,35,38). The van der Waals surface area contributed by atoms with Crippen molar-refractivity contribution in [3.63, 3.8) is 0 Å². The molecule has 1 amide bonds. The van der Waals surface area contributed by atoms with Crippen molar-refractivity contribution in [2.45, 2.75) is 32.6 Å². The molecule has 1 aromatic carbocycles. The van der Waals surface area contributed by atoms with Crippen LogP contribution in [-0.2, 0) is 16.6 Å². The van der Waals surface area contributed by atoms with Crippen molar-refractivity contribution in [2.75, 3.05) is 17.7 Å². The highest BCUT2D eigenvalue weighted by Gasteiger charge is 2.23. The molecule has 0 aliphatic carbocycles. The Morgan fingerprint density at radius 2 is 1.79 bits per heavy atom. The molecule has 0 aliphatic heterocycles. The molecule has 0 radical (unpaired) electrons. The van der Waals surface area contributed by atoms with Gasteiger partial charge in [0.25, 0.3) is 5.91 Å². The van der Waals surface area contributed by atoms with Gasteiger partial charge in [0.15, 0.2) is 0 Å². The van der Waals surface area contributed by atoms with Gasteiger partial charge in [-0.2, -0.15) is 5.26 Å². The van der Waals surface area contributed by atoms with Gasteiger partial charge in [0.1, 0.15) is 12.1 Å². The zero-order valence-electron chi connectivity index (χ0n) is 21.6. The van der Waals surface area contributed by atoms with Gasteiger partial charge >= 0.3 is 0 Å². The van der Waals surface area contributed by atoms with Gasteiger partial charge in [-0.3, -0.25) is 14.8 Å². The quantitative estimate of drug-likeness (QED) is 0.328. The number of aromatic nitrogens is 4. The summed E-state index contributed by atoms with van der Waals surface area (Å²) in [7, 11) is 1.75. The number of anilines is 2. The fraction of sp³-hybridized carbons (Fsp3) is 0.207. The molecular formula is C29H27N7O2. The Balaban J connectivity index is 1.67. The van der Waals surface area contributed by atoms with Crippen LogP contribution in [0.3, 0.4) is 0 Å². The first kappa shape index (κ1) is 26.1. The minimum absolute atomic E-state index is 0.189. The fourth-order valence-corrected chi connectivity index (χ4v) is 4.01. The van der Waals surface area contributed by atoms with Crippen molar-refractivity contribution < 1.29 is 9.59 Å². The van der Waals surface area contributed by atoms with Crippen molar-refractivity contribution >= 4 is 23.7 Å². The summed E-state index contributed by atoms with van der Waals surface area (Å²) in [6.07, 6.45) is 7.53. The second-order valence-corrected chi connectivity index (χ2v) is 9.25. The molecular weight excluding hydrogens is 478 g/mol. The first-order valence-corrected chi connectivity index (χ1v) is 12.0. The van der Waals surface area contributed by atoms with E-state index in [9.17, 15) is 14.9 Å². The van der Waals surface area contributed by atoms with Crippen LogP contribution in [0.25, 0.3) is 22.5 Å². The Morgan fingerprint density at radius 3 is 2.50 bits per heavy atom. The lowest BCUT2D eigenvalue weighted by atomic mass is 9.90. The van der Waals surface area contributed by atoms with Crippen molar-refractivity contribution in [1.29, 1.82) is 5.26 Å². The van der Waals surface area contributed by atoms with Crippen LogP contribution in [0, 0.1) is 18.3 Å². The summed E-state index contributed by atoms with van der Waals surface area (Å²) in [6.45, 7) is 5.47. The third-order valence-corrected chi connectivity index (χ3v) is 6.20. The van der Waals surface area contributed by atoms with Crippen LogP contribution in [-0.4, -0.2) is 39.2 Å². The van der Waals surface area contributed by atoms with Gasteiger partial charge in [-0.1, -0.05) is 6.07 Å². The topological polar surface area (TPSA) is 134 Å². The van der Waals surface area contributed by atoms with Gasteiger partial charge in [0, 0.05) is 53.8 Å². The van der Waals surface area contributed by atoms with E-state index in [4.69, 9.17) is 4.98 Å². The van der Waals surface area contributed by atoms with Crippen molar-refractivity contribution in [2.24, 2.45) is 0 Å². The average Bonchev–Trinajstić information content (AvgIpc) is 2.94. The molecule has 38 heavy (non-hydrogen) atoms. The number of aldehydes is 1. The fourth-order valence-electron chi connectivity index (χ4n) is 4.01. The Morgan fingerprint density at radius 1 is 1.05 bits per heavy atom. The maximum absolute atomic E-state index is 13.0. The van der Waals surface area contributed by atoms with Gasteiger partial charge in [0.05, 0.1) is 41.0 Å². The lowest BCUT2D eigenvalue weighted by Crippen LogP contribution is -2.18. The third-order valence-electron chi connectivity index (χ3n) is 6.20. The second-order valence-electron chi connectivity index (χ2n) is 9.25. The largest absolute Gasteiger partial charge is 0.373 e. The minimum atomic E-state index is -0.814. The maximum atomic E-state index is 13.0. The summed E-state index contributed by atoms with van der Waals surface area (Å²) in [5.41, 5.74) is 5.20. The van der Waals surface area contributed by atoms with E-state index in [2.05, 4.69) is 31.7 Å². The molecule has 0 fully saturated rings. The first-order valence-electron chi connectivity index (χ1n) is 12.0. The van der Waals surface area contributed by atoms with Crippen LogP contribution in [0.15, 0.2) is 61.2 Å². The highest BCUT2D eigenvalue weighted by Crippen LogP contribution is 2.30. The molecule has 0 spiro atoms. The van der Waals surface area contributed by atoms with Crippen molar-refractivity contribution in [1.82, 2.24) is 19.9 Å². The highest BCUT2D eigenvalue weighted by molar-refractivity contribution is 6.04. The number of amides is 1. The monoisotopic (exact) mass is 505 g/mol. The summed E-state index contributed by atoms with van der Waals surface area (Å²) in [4.78, 5) is 42.1. The first-order chi connectivity index (χ1) is 18.3. The number of nitriles is 1. The van der Waals surface area contributed by atoms with Gasteiger partial charge < -0.3 is 15.4 Å². The summed E-state index contributed by atoms with van der Waals surface area (Å²) in [5.74, 6) is 0.298. The Hall–Kier alpha value is -4.97. The SMILES string of the molecule is CNc1nccc(-c2cncc(-c3cc(NC(=O)c4ccnc(C(C)(C)C#N)c4)ccc3C)n2)c1CC=O. The number of rotatable bonds is 8. The number of pyridine rings is 2. The summed E-state index contributed by atoms with van der Waals surface area (Å²) >= 11 is 0. The zero-order valence-corrected chi connectivity index (χ0v) is 21.6. The summed E-state index contributed by atoms with van der Waals surface area (Å²) in [6, 6.07) is 12.8. The predicted molar refractivity (Wildman–Crippen MR) is 146 cm³/mol. The van der Waals surface area contributed by atoms with E-state index < -0.39 is 5.41 Å². The van der Waals surface area contributed by atoms with Gasteiger partial charge in [0.2, 0.25) is 0 Å². The number of carbonyl (C=O) groups excluding carboxylic acids is 2. The van der Waals surface area contributed by atoms with Gasteiger partial charge in [-0.05, 0) is 56.7 Å². The zero-order chi connectivity index (χ0) is 27.3. The van der Waals surface area contributed by atoms with Crippen LogP contribution in [0.2, 0.25) is 0 Å². The molecule has 4 aromatic rings. The van der Waals surface area contributed by atoms with E-state index in [0.29, 0.717) is 34.2 Å². The molecule has 0 unspecified atom stereocenters.